The van der Waals surface area contributed by atoms with Gasteiger partial charge in [-0.25, -0.2) is 4.39 Å². The average molecular weight is 230 g/mol. The first-order chi connectivity index (χ1) is 7.07. The molecule has 0 amide bonds. The highest BCUT2D eigenvalue weighted by Crippen LogP contribution is 2.29. The van der Waals surface area contributed by atoms with Gasteiger partial charge >= 0.3 is 0 Å². The molecule has 0 aliphatic carbocycles. The maximum atomic E-state index is 13.3. The van der Waals surface area contributed by atoms with Gasteiger partial charge in [-0.15, -0.1) is 0 Å². The predicted octanol–water partition coefficient (Wildman–Crippen LogP) is 3.79. The van der Waals surface area contributed by atoms with Crippen LogP contribution in [0.4, 0.5) is 4.39 Å². The molecule has 1 unspecified atom stereocenters. The molecule has 0 spiro atoms. The standard InChI is InChI=1S/C12H17ClFN/c1-4-15-12(8(2)3)9-6-5-7-10(14)11(9)13/h5-8,12,15H,4H2,1-3H3. The van der Waals surface area contributed by atoms with Crippen molar-refractivity contribution in [3.63, 3.8) is 0 Å². The minimum absolute atomic E-state index is 0.109. The van der Waals surface area contributed by atoms with Gasteiger partial charge in [0.25, 0.3) is 0 Å². The number of halogens is 2. The summed E-state index contributed by atoms with van der Waals surface area (Å²) in [5.74, 6) is 0.0296. The molecule has 0 saturated carbocycles. The van der Waals surface area contributed by atoms with Gasteiger partial charge < -0.3 is 5.32 Å². The monoisotopic (exact) mass is 229 g/mol. The molecule has 1 aromatic carbocycles. The van der Waals surface area contributed by atoms with E-state index in [9.17, 15) is 4.39 Å². The first kappa shape index (κ1) is 12.5. The fourth-order valence-electron chi connectivity index (χ4n) is 1.69. The molecule has 15 heavy (non-hydrogen) atoms. The summed E-state index contributed by atoms with van der Waals surface area (Å²) >= 11 is 5.95. The molecule has 0 fully saturated rings. The largest absolute Gasteiger partial charge is 0.310 e. The number of benzene rings is 1. The van der Waals surface area contributed by atoms with Gasteiger partial charge in [0, 0.05) is 6.04 Å². The van der Waals surface area contributed by atoms with E-state index < -0.39 is 0 Å². The van der Waals surface area contributed by atoms with Gasteiger partial charge in [-0.1, -0.05) is 44.5 Å². The van der Waals surface area contributed by atoms with Crippen LogP contribution >= 0.6 is 11.6 Å². The van der Waals surface area contributed by atoms with Crippen LogP contribution in [0.5, 0.6) is 0 Å². The minimum atomic E-state index is -0.349. The molecule has 0 aliphatic rings. The second-order valence-electron chi connectivity index (χ2n) is 3.92. The Bertz CT molecular complexity index is 325. The van der Waals surface area contributed by atoms with Gasteiger partial charge in [0.15, 0.2) is 0 Å². The van der Waals surface area contributed by atoms with Crippen molar-refractivity contribution in [2.75, 3.05) is 6.54 Å². The summed E-state index contributed by atoms with van der Waals surface area (Å²) in [6.07, 6.45) is 0. The molecule has 0 radical (unpaired) electrons. The summed E-state index contributed by atoms with van der Waals surface area (Å²) in [4.78, 5) is 0. The second-order valence-corrected chi connectivity index (χ2v) is 4.30. The van der Waals surface area contributed by atoms with Crippen LogP contribution in [0.15, 0.2) is 18.2 Å². The lowest BCUT2D eigenvalue weighted by atomic mass is 9.96. The topological polar surface area (TPSA) is 12.0 Å². The van der Waals surface area contributed by atoms with Gasteiger partial charge in [-0.2, -0.15) is 0 Å². The third-order valence-corrected chi connectivity index (χ3v) is 2.81. The molecule has 0 aromatic heterocycles. The van der Waals surface area contributed by atoms with Crippen molar-refractivity contribution in [2.45, 2.75) is 26.8 Å². The van der Waals surface area contributed by atoms with Crippen molar-refractivity contribution in [2.24, 2.45) is 5.92 Å². The van der Waals surface area contributed by atoms with Crippen molar-refractivity contribution >= 4 is 11.6 Å². The molecule has 3 heteroatoms. The Labute approximate surface area is 95.6 Å². The normalized spacial score (nSPS) is 13.2. The van der Waals surface area contributed by atoms with Crippen LogP contribution in [0, 0.1) is 11.7 Å². The Morgan fingerprint density at radius 3 is 2.60 bits per heavy atom. The van der Waals surface area contributed by atoms with Crippen LogP contribution < -0.4 is 5.32 Å². The molecule has 0 bridgehead atoms. The van der Waals surface area contributed by atoms with Gasteiger partial charge in [-0.3, -0.25) is 0 Å². The van der Waals surface area contributed by atoms with E-state index in [1.165, 1.54) is 6.07 Å². The van der Waals surface area contributed by atoms with E-state index in [0.717, 1.165) is 12.1 Å². The quantitative estimate of drug-likeness (QED) is 0.829. The first-order valence-electron chi connectivity index (χ1n) is 5.25. The number of nitrogens with one attached hydrogen (secondary N) is 1. The number of hydrogen-bond donors (Lipinski definition) is 1. The molecule has 0 aliphatic heterocycles. The van der Waals surface area contributed by atoms with Crippen LogP contribution in [0.2, 0.25) is 5.02 Å². The molecule has 0 saturated heterocycles. The van der Waals surface area contributed by atoms with E-state index in [4.69, 9.17) is 11.6 Å². The second kappa shape index (κ2) is 5.47. The van der Waals surface area contributed by atoms with Crippen molar-refractivity contribution in [1.29, 1.82) is 0 Å². The summed E-state index contributed by atoms with van der Waals surface area (Å²) in [6.45, 7) is 7.06. The van der Waals surface area contributed by atoms with E-state index >= 15 is 0 Å². The lowest BCUT2D eigenvalue weighted by Gasteiger charge is -2.23. The van der Waals surface area contributed by atoms with E-state index in [1.807, 2.05) is 13.0 Å². The third-order valence-electron chi connectivity index (χ3n) is 2.41. The Hall–Kier alpha value is -0.600. The van der Waals surface area contributed by atoms with Gasteiger partial charge in [-0.05, 0) is 24.1 Å². The fourth-order valence-corrected chi connectivity index (χ4v) is 1.93. The van der Waals surface area contributed by atoms with E-state index in [2.05, 4.69) is 19.2 Å². The molecular weight excluding hydrogens is 213 g/mol. The zero-order chi connectivity index (χ0) is 11.4. The predicted molar refractivity (Wildman–Crippen MR) is 62.7 cm³/mol. The van der Waals surface area contributed by atoms with Crippen LogP contribution in [-0.4, -0.2) is 6.54 Å². The van der Waals surface area contributed by atoms with Crippen LogP contribution in [0.3, 0.4) is 0 Å². The molecule has 1 nitrogen and oxygen atoms in total. The van der Waals surface area contributed by atoms with Gasteiger partial charge in [0.1, 0.15) is 5.82 Å². The zero-order valence-corrected chi connectivity index (χ0v) is 10.1. The number of rotatable bonds is 4. The van der Waals surface area contributed by atoms with Gasteiger partial charge in [0.05, 0.1) is 5.02 Å². The molecule has 1 aromatic rings. The molecule has 1 rings (SSSR count). The highest BCUT2D eigenvalue weighted by Gasteiger charge is 2.18. The summed E-state index contributed by atoms with van der Waals surface area (Å²) in [5.41, 5.74) is 0.841. The van der Waals surface area contributed by atoms with Crippen molar-refractivity contribution in [3.05, 3.63) is 34.6 Å². The zero-order valence-electron chi connectivity index (χ0n) is 9.35. The summed E-state index contributed by atoms with van der Waals surface area (Å²) in [5, 5.41) is 3.55. The summed E-state index contributed by atoms with van der Waals surface area (Å²) < 4.78 is 13.3. The number of hydrogen-bond acceptors (Lipinski definition) is 1. The molecule has 0 heterocycles. The lowest BCUT2D eigenvalue weighted by Crippen LogP contribution is -2.25. The SMILES string of the molecule is CCNC(c1cccc(F)c1Cl)C(C)C. The average Bonchev–Trinajstić information content (AvgIpc) is 2.19. The smallest absolute Gasteiger partial charge is 0.142 e. The van der Waals surface area contributed by atoms with Crippen molar-refractivity contribution in [3.8, 4) is 0 Å². The maximum Gasteiger partial charge on any atom is 0.142 e. The van der Waals surface area contributed by atoms with Crippen molar-refractivity contribution in [1.82, 2.24) is 5.32 Å². The lowest BCUT2D eigenvalue weighted by molar-refractivity contribution is 0.420. The summed E-state index contributed by atoms with van der Waals surface area (Å²) in [7, 11) is 0. The molecular formula is C12H17ClFN. The first-order valence-corrected chi connectivity index (χ1v) is 5.63. The van der Waals surface area contributed by atoms with E-state index in [0.29, 0.717) is 5.92 Å². The van der Waals surface area contributed by atoms with Crippen LogP contribution in [0.25, 0.3) is 0 Å². The Morgan fingerprint density at radius 2 is 2.07 bits per heavy atom. The highest BCUT2D eigenvalue weighted by molar-refractivity contribution is 6.31. The van der Waals surface area contributed by atoms with Crippen molar-refractivity contribution < 1.29 is 4.39 Å². The Balaban J connectivity index is 3.05. The molecule has 84 valence electrons. The van der Waals surface area contributed by atoms with Crippen LogP contribution in [-0.2, 0) is 0 Å². The fraction of sp³-hybridized carbons (Fsp3) is 0.500. The van der Waals surface area contributed by atoms with E-state index in [1.54, 1.807) is 6.07 Å². The maximum absolute atomic E-state index is 13.3. The highest BCUT2D eigenvalue weighted by atomic mass is 35.5. The minimum Gasteiger partial charge on any atom is -0.310 e. The Morgan fingerprint density at radius 1 is 1.40 bits per heavy atom. The van der Waals surface area contributed by atoms with Gasteiger partial charge in [0.2, 0.25) is 0 Å². The molecule has 1 N–H and O–H groups in total. The van der Waals surface area contributed by atoms with E-state index in [-0.39, 0.29) is 16.9 Å². The van der Waals surface area contributed by atoms with Crippen LogP contribution in [0.1, 0.15) is 32.4 Å². The molecule has 1 atom stereocenters. The Kier molecular flexibility index (Phi) is 4.55. The third kappa shape index (κ3) is 2.93. The summed E-state index contributed by atoms with van der Waals surface area (Å²) in [6, 6.07) is 5.06.